The van der Waals surface area contributed by atoms with Gasteiger partial charge in [0, 0.05) is 12.6 Å². The summed E-state index contributed by atoms with van der Waals surface area (Å²) in [4.78, 5) is 16.7. The summed E-state index contributed by atoms with van der Waals surface area (Å²) in [7, 11) is 3.09. The van der Waals surface area contributed by atoms with E-state index in [9.17, 15) is 9.90 Å². The van der Waals surface area contributed by atoms with Crippen LogP contribution < -0.4 is 10.5 Å². The van der Waals surface area contributed by atoms with Crippen LogP contribution in [0.2, 0.25) is 0 Å². The van der Waals surface area contributed by atoms with Crippen molar-refractivity contribution >= 4 is 17.9 Å². The van der Waals surface area contributed by atoms with Crippen molar-refractivity contribution in [1.29, 1.82) is 0 Å². The Balaban J connectivity index is 2.44. The van der Waals surface area contributed by atoms with Gasteiger partial charge >= 0.3 is 0 Å². The molecule has 0 saturated heterocycles. The average Bonchev–Trinajstić information content (AvgIpc) is 2.58. The van der Waals surface area contributed by atoms with Crippen LogP contribution in [0, 0.1) is 0 Å². The Bertz CT molecular complexity index is 564. The van der Waals surface area contributed by atoms with Crippen LogP contribution >= 0.6 is 0 Å². The number of nitrogens with zero attached hydrogens (tertiary/aromatic N) is 2. The fourth-order valence-corrected chi connectivity index (χ4v) is 1.63. The normalized spacial score (nSPS) is 17.2. The minimum absolute atomic E-state index is 0.0285. The summed E-state index contributed by atoms with van der Waals surface area (Å²) in [5, 5.41) is 9.92. The van der Waals surface area contributed by atoms with Crippen molar-refractivity contribution in [3.05, 3.63) is 29.5 Å². The van der Waals surface area contributed by atoms with Crippen molar-refractivity contribution in [2.24, 2.45) is 10.7 Å². The Kier molecular flexibility index (Phi) is 2.93. The zero-order valence-corrected chi connectivity index (χ0v) is 10.0. The number of likely N-dealkylation sites (N-methyl/N-ethyl adjacent to an activating group) is 1. The third-order valence-corrected chi connectivity index (χ3v) is 2.68. The monoisotopic (exact) mass is 247 g/mol. The van der Waals surface area contributed by atoms with E-state index in [-0.39, 0.29) is 11.7 Å². The zero-order valence-electron chi connectivity index (χ0n) is 10.0. The lowest BCUT2D eigenvalue weighted by Crippen LogP contribution is -2.28. The minimum atomic E-state index is -0.433. The van der Waals surface area contributed by atoms with Crippen LogP contribution in [0.25, 0.3) is 6.08 Å². The number of amides is 1. The van der Waals surface area contributed by atoms with Gasteiger partial charge in [0.15, 0.2) is 11.5 Å². The maximum atomic E-state index is 11.6. The summed E-state index contributed by atoms with van der Waals surface area (Å²) >= 11 is 0. The number of carbonyl (C=O) groups is 1. The topological polar surface area (TPSA) is 88.1 Å². The molecule has 1 aliphatic rings. The lowest BCUT2D eigenvalue weighted by Gasteiger charge is -2.12. The van der Waals surface area contributed by atoms with E-state index >= 15 is 0 Å². The van der Waals surface area contributed by atoms with Gasteiger partial charge in [-0.3, -0.25) is 4.79 Å². The second-order valence-corrected chi connectivity index (χ2v) is 3.76. The lowest BCUT2D eigenvalue weighted by molar-refractivity contribution is -0.114. The molecule has 1 aliphatic heterocycles. The largest absolute Gasteiger partial charge is 0.504 e. The summed E-state index contributed by atoms with van der Waals surface area (Å²) in [6.07, 6.45) is 1.52. The third kappa shape index (κ3) is 1.88. The second-order valence-electron chi connectivity index (χ2n) is 3.76. The molecule has 0 spiro atoms. The molecule has 0 radical (unpaired) electrons. The first-order valence-corrected chi connectivity index (χ1v) is 5.24. The molecule has 94 valence electrons. The number of guanidine groups is 1. The Labute approximate surface area is 104 Å². The van der Waals surface area contributed by atoms with Gasteiger partial charge in [0.1, 0.15) is 5.70 Å². The number of aromatic hydroxyl groups is 1. The van der Waals surface area contributed by atoms with E-state index in [2.05, 4.69) is 4.99 Å². The summed E-state index contributed by atoms with van der Waals surface area (Å²) in [5.41, 5.74) is 6.30. The van der Waals surface area contributed by atoms with Crippen molar-refractivity contribution in [2.45, 2.75) is 0 Å². The molecule has 0 aliphatic carbocycles. The van der Waals surface area contributed by atoms with Gasteiger partial charge in [-0.2, -0.15) is 4.99 Å². The van der Waals surface area contributed by atoms with E-state index in [1.165, 1.54) is 18.1 Å². The average molecular weight is 247 g/mol. The van der Waals surface area contributed by atoms with Crippen LogP contribution in [-0.2, 0) is 4.79 Å². The molecule has 1 aromatic carbocycles. The molecular weight excluding hydrogens is 234 g/mol. The Hall–Kier alpha value is -2.50. The molecule has 18 heavy (non-hydrogen) atoms. The first-order chi connectivity index (χ1) is 8.54. The standard InChI is InChI=1S/C12H13N3O3/c1-15-8(11(17)14-12(15)13)6-7-4-3-5-9(18-2)10(7)16/h3-6,16H,1-2H3,(H2,13,14,17)/b8-6-. The van der Waals surface area contributed by atoms with E-state index < -0.39 is 5.91 Å². The Morgan fingerprint density at radius 2 is 2.22 bits per heavy atom. The minimum Gasteiger partial charge on any atom is -0.504 e. The highest BCUT2D eigenvalue weighted by Crippen LogP contribution is 2.31. The van der Waals surface area contributed by atoms with E-state index in [0.717, 1.165) is 0 Å². The molecule has 3 N–H and O–H groups in total. The number of hydrogen-bond acceptors (Lipinski definition) is 5. The molecule has 6 nitrogen and oxygen atoms in total. The van der Waals surface area contributed by atoms with Crippen LogP contribution in [0.3, 0.4) is 0 Å². The number of aliphatic imine (C=N–C) groups is 1. The van der Waals surface area contributed by atoms with Gasteiger partial charge in [-0.05, 0) is 12.1 Å². The molecule has 0 bridgehead atoms. The molecule has 0 unspecified atom stereocenters. The van der Waals surface area contributed by atoms with Crippen molar-refractivity contribution in [1.82, 2.24) is 4.90 Å². The van der Waals surface area contributed by atoms with E-state index in [1.54, 1.807) is 25.2 Å². The van der Waals surface area contributed by atoms with E-state index in [1.807, 2.05) is 0 Å². The van der Waals surface area contributed by atoms with Crippen molar-refractivity contribution in [3.63, 3.8) is 0 Å². The molecule has 1 heterocycles. The van der Waals surface area contributed by atoms with Gasteiger partial charge in [0.25, 0.3) is 5.91 Å². The Morgan fingerprint density at radius 3 is 2.78 bits per heavy atom. The predicted octanol–water partition coefficient (Wildman–Crippen LogP) is 0.528. The summed E-state index contributed by atoms with van der Waals surface area (Å²) < 4.78 is 4.99. The van der Waals surface area contributed by atoms with Crippen LogP contribution in [0.15, 0.2) is 28.9 Å². The van der Waals surface area contributed by atoms with Crippen LogP contribution in [0.1, 0.15) is 5.56 Å². The number of phenolic OH excluding ortho intramolecular Hbond substituents is 1. The first-order valence-electron chi connectivity index (χ1n) is 5.24. The quantitative estimate of drug-likeness (QED) is 0.744. The fourth-order valence-electron chi connectivity index (χ4n) is 1.63. The number of hydrogen-bond donors (Lipinski definition) is 2. The number of benzene rings is 1. The highest BCUT2D eigenvalue weighted by atomic mass is 16.5. The fraction of sp³-hybridized carbons (Fsp3) is 0.167. The number of para-hydroxylation sites is 1. The molecule has 6 heteroatoms. The van der Waals surface area contributed by atoms with Crippen molar-refractivity contribution in [2.75, 3.05) is 14.2 Å². The van der Waals surface area contributed by atoms with Gasteiger partial charge in [-0.1, -0.05) is 12.1 Å². The van der Waals surface area contributed by atoms with Gasteiger partial charge in [-0.25, -0.2) is 0 Å². The molecule has 0 aromatic heterocycles. The van der Waals surface area contributed by atoms with Crippen molar-refractivity contribution in [3.8, 4) is 11.5 Å². The number of ether oxygens (including phenoxy) is 1. The van der Waals surface area contributed by atoms with E-state index in [0.29, 0.717) is 17.0 Å². The summed E-state index contributed by atoms with van der Waals surface area (Å²) in [6, 6.07) is 5.01. The third-order valence-electron chi connectivity index (χ3n) is 2.68. The summed E-state index contributed by atoms with van der Waals surface area (Å²) in [6.45, 7) is 0. The van der Waals surface area contributed by atoms with Gasteiger partial charge in [0.2, 0.25) is 5.96 Å². The number of phenols is 1. The number of rotatable bonds is 2. The van der Waals surface area contributed by atoms with Crippen molar-refractivity contribution < 1.29 is 14.6 Å². The molecule has 1 amide bonds. The van der Waals surface area contributed by atoms with Crippen LogP contribution in [-0.4, -0.2) is 36.0 Å². The summed E-state index contributed by atoms with van der Waals surface area (Å²) in [5.74, 6) is 0.0105. The maximum Gasteiger partial charge on any atom is 0.296 e. The lowest BCUT2D eigenvalue weighted by atomic mass is 10.1. The highest BCUT2D eigenvalue weighted by molar-refractivity contribution is 6.12. The second kappa shape index (κ2) is 4.40. The number of methoxy groups -OCH3 is 1. The van der Waals surface area contributed by atoms with Gasteiger partial charge < -0.3 is 20.5 Å². The number of carbonyl (C=O) groups excluding carboxylic acids is 1. The SMILES string of the molecule is COc1cccc(/C=C2/C(=O)N=C(N)N2C)c1O. The Morgan fingerprint density at radius 1 is 1.50 bits per heavy atom. The maximum absolute atomic E-state index is 11.6. The molecule has 0 atom stereocenters. The first kappa shape index (κ1) is 12.0. The van der Waals surface area contributed by atoms with Gasteiger partial charge in [0.05, 0.1) is 7.11 Å². The smallest absolute Gasteiger partial charge is 0.296 e. The molecule has 2 rings (SSSR count). The number of nitrogens with two attached hydrogens (primary N) is 1. The zero-order chi connectivity index (χ0) is 13.3. The molecular formula is C12H13N3O3. The van der Waals surface area contributed by atoms with Crippen LogP contribution in [0.4, 0.5) is 0 Å². The molecule has 0 fully saturated rings. The molecule has 0 saturated carbocycles. The molecule has 1 aromatic rings. The van der Waals surface area contributed by atoms with Gasteiger partial charge in [-0.15, -0.1) is 0 Å². The van der Waals surface area contributed by atoms with Crippen LogP contribution in [0.5, 0.6) is 11.5 Å². The highest BCUT2D eigenvalue weighted by Gasteiger charge is 2.24. The van der Waals surface area contributed by atoms with E-state index in [4.69, 9.17) is 10.5 Å². The predicted molar refractivity (Wildman–Crippen MR) is 67.0 cm³/mol.